The molecule has 1 aromatic carbocycles. The predicted molar refractivity (Wildman–Crippen MR) is 64.2 cm³/mol. The van der Waals surface area contributed by atoms with Crippen molar-refractivity contribution in [3.63, 3.8) is 0 Å². The molecule has 0 aliphatic carbocycles. The Morgan fingerprint density at radius 3 is 2.37 bits per heavy atom. The molecule has 0 atom stereocenters. The molecule has 0 radical (unpaired) electrons. The number of nitrogens with one attached hydrogen (secondary N) is 2. The van der Waals surface area contributed by atoms with Crippen LogP contribution < -0.4 is 15.2 Å². The van der Waals surface area contributed by atoms with Gasteiger partial charge in [-0.1, -0.05) is 24.3 Å². The smallest absolute Gasteiger partial charge is 0.326 e. The maximum Gasteiger partial charge on any atom is 0.402 e. The molecule has 9 heteroatoms. The average molecular weight is 297 g/mol. The van der Waals surface area contributed by atoms with E-state index in [1.165, 1.54) is 4.72 Å². The minimum absolute atomic E-state index is 0.110. The third-order valence-corrected chi connectivity index (χ3v) is 3.20. The van der Waals surface area contributed by atoms with Crippen LogP contribution in [0.25, 0.3) is 0 Å². The third kappa shape index (κ3) is 6.53. The Bertz CT molecular complexity index is 517. The highest BCUT2D eigenvalue weighted by Crippen LogP contribution is 2.12. The van der Waals surface area contributed by atoms with Gasteiger partial charge in [-0.3, -0.25) is 0 Å². The second-order valence-corrected chi connectivity index (χ2v) is 5.37. The first-order valence-electron chi connectivity index (χ1n) is 5.31. The number of benzene rings is 1. The number of nitrogens with two attached hydrogens (primary N) is 1. The highest BCUT2D eigenvalue weighted by atomic mass is 32.2. The molecule has 0 unspecified atom stereocenters. The lowest BCUT2D eigenvalue weighted by Gasteiger charge is -2.10. The molecular formula is C10H14F3N3O2S. The van der Waals surface area contributed by atoms with Gasteiger partial charge >= 0.3 is 6.18 Å². The molecule has 0 saturated carbocycles. The molecule has 0 saturated heterocycles. The van der Waals surface area contributed by atoms with Gasteiger partial charge < -0.3 is 5.73 Å². The zero-order valence-electron chi connectivity index (χ0n) is 9.87. The van der Waals surface area contributed by atoms with Crippen molar-refractivity contribution in [2.45, 2.75) is 19.3 Å². The van der Waals surface area contributed by atoms with E-state index >= 15 is 0 Å². The molecule has 0 aliphatic heterocycles. The van der Waals surface area contributed by atoms with E-state index < -0.39 is 22.9 Å². The molecule has 0 spiro atoms. The van der Waals surface area contributed by atoms with Crippen molar-refractivity contribution in [3.8, 4) is 0 Å². The second-order valence-electron chi connectivity index (χ2n) is 3.78. The number of hydrogen-bond donors (Lipinski definition) is 3. The lowest BCUT2D eigenvalue weighted by molar-refractivity contribution is -0.121. The van der Waals surface area contributed by atoms with Gasteiger partial charge in [0.05, 0.1) is 0 Å². The fourth-order valence-electron chi connectivity index (χ4n) is 1.27. The maximum atomic E-state index is 11.9. The summed E-state index contributed by atoms with van der Waals surface area (Å²) >= 11 is 0. The van der Waals surface area contributed by atoms with E-state index in [-0.39, 0.29) is 6.54 Å². The van der Waals surface area contributed by atoms with Crippen LogP contribution in [0.1, 0.15) is 11.1 Å². The van der Waals surface area contributed by atoms with Crippen molar-refractivity contribution in [3.05, 3.63) is 35.4 Å². The van der Waals surface area contributed by atoms with E-state index in [0.717, 1.165) is 5.56 Å². The number of hydrogen-bond acceptors (Lipinski definition) is 3. The van der Waals surface area contributed by atoms with Crippen LogP contribution >= 0.6 is 0 Å². The van der Waals surface area contributed by atoms with Crippen molar-refractivity contribution >= 4 is 10.2 Å². The minimum Gasteiger partial charge on any atom is -0.326 e. The summed E-state index contributed by atoms with van der Waals surface area (Å²) < 4.78 is 61.6. The first-order valence-corrected chi connectivity index (χ1v) is 6.79. The van der Waals surface area contributed by atoms with Crippen LogP contribution in [-0.2, 0) is 23.3 Å². The normalized spacial score (nSPS) is 12.6. The molecule has 0 aromatic heterocycles. The molecule has 0 amide bonds. The Hall–Kier alpha value is -1.16. The maximum absolute atomic E-state index is 11.9. The van der Waals surface area contributed by atoms with E-state index in [9.17, 15) is 21.6 Å². The highest BCUT2D eigenvalue weighted by molar-refractivity contribution is 7.87. The van der Waals surface area contributed by atoms with Crippen LogP contribution in [0.2, 0.25) is 0 Å². The highest BCUT2D eigenvalue weighted by Gasteiger charge is 2.29. The second kappa shape index (κ2) is 6.33. The largest absolute Gasteiger partial charge is 0.402 e. The standard InChI is InChI=1S/C10H14F3N3O2S/c11-10(12,13)7-16-19(17,18)15-6-9-3-1-2-8(4-9)5-14/h1-4,15-16H,5-7,14H2. The summed E-state index contributed by atoms with van der Waals surface area (Å²) in [6.45, 7) is -1.42. The SMILES string of the molecule is NCc1cccc(CNS(=O)(=O)NCC(F)(F)F)c1. The van der Waals surface area contributed by atoms with Gasteiger partial charge in [0.2, 0.25) is 0 Å². The molecule has 0 aliphatic rings. The van der Waals surface area contributed by atoms with Gasteiger partial charge in [0, 0.05) is 13.1 Å². The summed E-state index contributed by atoms with van der Waals surface area (Å²) in [7, 11) is -4.18. The van der Waals surface area contributed by atoms with E-state index in [2.05, 4.69) is 0 Å². The molecule has 1 rings (SSSR count). The minimum atomic E-state index is -4.59. The van der Waals surface area contributed by atoms with Crippen molar-refractivity contribution in [2.75, 3.05) is 6.54 Å². The Morgan fingerprint density at radius 1 is 1.16 bits per heavy atom. The van der Waals surface area contributed by atoms with E-state index in [1.54, 1.807) is 24.3 Å². The Morgan fingerprint density at radius 2 is 1.79 bits per heavy atom. The first kappa shape index (κ1) is 15.9. The quantitative estimate of drug-likeness (QED) is 0.720. The van der Waals surface area contributed by atoms with Crippen LogP contribution in [0.15, 0.2) is 24.3 Å². The molecule has 108 valence electrons. The molecule has 4 N–H and O–H groups in total. The van der Waals surface area contributed by atoms with Gasteiger partial charge in [0.25, 0.3) is 10.2 Å². The van der Waals surface area contributed by atoms with Crippen LogP contribution in [0.5, 0.6) is 0 Å². The van der Waals surface area contributed by atoms with Gasteiger partial charge in [-0.05, 0) is 11.1 Å². The molecule has 0 fully saturated rings. The fourth-order valence-corrected chi connectivity index (χ4v) is 2.09. The summed E-state index contributed by atoms with van der Waals surface area (Å²) in [5, 5.41) is 0. The summed E-state index contributed by atoms with van der Waals surface area (Å²) in [5.74, 6) is 0. The number of alkyl halides is 3. The Kier molecular flexibility index (Phi) is 5.29. The van der Waals surface area contributed by atoms with Gasteiger partial charge in [-0.15, -0.1) is 0 Å². The summed E-state index contributed by atoms with van der Waals surface area (Å²) in [4.78, 5) is 0. The first-order chi connectivity index (χ1) is 8.72. The third-order valence-electron chi connectivity index (χ3n) is 2.16. The molecule has 1 aromatic rings. The number of halogens is 3. The van der Waals surface area contributed by atoms with E-state index in [0.29, 0.717) is 12.1 Å². The zero-order chi connectivity index (χ0) is 14.5. The van der Waals surface area contributed by atoms with E-state index in [1.807, 2.05) is 4.72 Å². The Balaban J connectivity index is 2.55. The van der Waals surface area contributed by atoms with E-state index in [4.69, 9.17) is 5.73 Å². The van der Waals surface area contributed by atoms with Gasteiger partial charge in [-0.25, -0.2) is 0 Å². The molecular weight excluding hydrogens is 283 g/mol. The average Bonchev–Trinajstić information content (AvgIpc) is 2.34. The fraction of sp³-hybridized carbons (Fsp3) is 0.400. The predicted octanol–water partition coefficient (Wildman–Crippen LogP) is 0.632. The van der Waals surface area contributed by atoms with Gasteiger partial charge in [0.1, 0.15) is 6.54 Å². The summed E-state index contributed by atoms with van der Waals surface area (Å²) in [6.07, 6.45) is -4.59. The molecule has 0 heterocycles. The monoisotopic (exact) mass is 297 g/mol. The van der Waals surface area contributed by atoms with Crippen molar-refractivity contribution in [1.29, 1.82) is 0 Å². The van der Waals surface area contributed by atoms with Gasteiger partial charge in [-0.2, -0.15) is 31.0 Å². The van der Waals surface area contributed by atoms with Crippen LogP contribution in [-0.4, -0.2) is 21.1 Å². The molecule has 5 nitrogen and oxygen atoms in total. The van der Waals surface area contributed by atoms with Crippen molar-refractivity contribution < 1.29 is 21.6 Å². The summed E-state index contributed by atoms with van der Waals surface area (Å²) in [6, 6.07) is 6.77. The topological polar surface area (TPSA) is 84.2 Å². The Labute approximate surface area is 109 Å². The van der Waals surface area contributed by atoms with Crippen molar-refractivity contribution in [2.24, 2.45) is 5.73 Å². The van der Waals surface area contributed by atoms with Crippen LogP contribution in [0, 0.1) is 0 Å². The molecule has 19 heavy (non-hydrogen) atoms. The van der Waals surface area contributed by atoms with Crippen LogP contribution in [0.3, 0.4) is 0 Å². The van der Waals surface area contributed by atoms with Crippen molar-refractivity contribution in [1.82, 2.24) is 9.44 Å². The zero-order valence-corrected chi connectivity index (χ0v) is 10.7. The molecule has 0 bridgehead atoms. The number of rotatable bonds is 6. The summed E-state index contributed by atoms with van der Waals surface area (Å²) in [5.41, 5.74) is 6.84. The lowest BCUT2D eigenvalue weighted by Crippen LogP contribution is -2.41. The van der Waals surface area contributed by atoms with Gasteiger partial charge in [0.15, 0.2) is 0 Å². The van der Waals surface area contributed by atoms with Crippen LogP contribution in [0.4, 0.5) is 13.2 Å². The lowest BCUT2D eigenvalue weighted by atomic mass is 10.1.